The van der Waals surface area contributed by atoms with Crippen molar-refractivity contribution in [1.29, 1.82) is 0 Å². The van der Waals surface area contributed by atoms with Crippen molar-refractivity contribution in [2.75, 3.05) is 6.61 Å². The Labute approximate surface area is 195 Å². The van der Waals surface area contributed by atoms with Crippen molar-refractivity contribution in [3.05, 3.63) is 65.3 Å². The van der Waals surface area contributed by atoms with E-state index in [1.54, 1.807) is 24.3 Å². The second-order valence-electron chi connectivity index (χ2n) is 8.09. The van der Waals surface area contributed by atoms with Crippen LogP contribution in [0.1, 0.15) is 58.9 Å². The van der Waals surface area contributed by atoms with Gasteiger partial charge in [0.15, 0.2) is 11.9 Å². The van der Waals surface area contributed by atoms with E-state index in [0.717, 1.165) is 18.9 Å². The van der Waals surface area contributed by atoms with Crippen LogP contribution in [0, 0.1) is 11.7 Å². The summed E-state index contributed by atoms with van der Waals surface area (Å²) in [4.78, 5) is 28.5. The molecule has 4 rings (SSSR count). The molecule has 2 atom stereocenters. The van der Waals surface area contributed by atoms with E-state index >= 15 is 0 Å². The number of benzene rings is 2. The molecular weight excluding hydrogens is 443 g/mol. The Hall–Kier alpha value is -3.63. The van der Waals surface area contributed by atoms with Crippen LogP contribution in [0.5, 0.6) is 5.75 Å². The lowest BCUT2D eigenvalue weighted by atomic mass is 10.1. The maximum atomic E-state index is 14.5. The number of ketones is 1. The molecule has 1 fully saturated rings. The molecule has 1 heterocycles. The Morgan fingerprint density at radius 1 is 1.26 bits per heavy atom. The van der Waals surface area contributed by atoms with Gasteiger partial charge < -0.3 is 25.4 Å². The second-order valence-corrected chi connectivity index (χ2v) is 8.09. The van der Waals surface area contributed by atoms with Crippen LogP contribution in [0.3, 0.4) is 0 Å². The van der Waals surface area contributed by atoms with Crippen molar-refractivity contribution in [3.8, 4) is 17.1 Å². The lowest BCUT2D eigenvalue weighted by Gasteiger charge is -2.13. The molecule has 1 aliphatic carbocycles. The van der Waals surface area contributed by atoms with Crippen LogP contribution in [0.4, 0.5) is 4.39 Å². The Morgan fingerprint density at radius 3 is 2.62 bits per heavy atom. The highest BCUT2D eigenvalue weighted by Gasteiger charge is 2.30. The first kappa shape index (κ1) is 23.5. The van der Waals surface area contributed by atoms with Crippen LogP contribution in [-0.4, -0.2) is 39.7 Å². The van der Waals surface area contributed by atoms with Crippen molar-refractivity contribution >= 4 is 11.7 Å². The standard InChI is InChI=1S/C24H25FN4O5/c1-2-19(33-16-8-5-14(6-9-16)21(31)13-3-4-13)24-28-22(29-34-24)15-7-10-17(18(25)11-15)23(32)27-20(26)12-30/h5-11,13,19-20,30H,2-4,12,26H2,1H3,(H,27,32). The summed E-state index contributed by atoms with van der Waals surface area (Å²) in [6.07, 6.45) is 0.898. The van der Waals surface area contributed by atoms with Gasteiger partial charge in [-0.1, -0.05) is 18.1 Å². The molecule has 0 saturated heterocycles. The van der Waals surface area contributed by atoms with E-state index in [1.165, 1.54) is 12.1 Å². The lowest BCUT2D eigenvalue weighted by molar-refractivity contribution is 0.0913. The van der Waals surface area contributed by atoms with Gasteiger partial charge in [0.2, 0.25) is 5.82 Å². The molecular formula is C24H25FN4O5. The monoisotopic (exact) mass is 468 g/mol. The molecule has 3 aromatic rings. The molecule has 1 saturated carbocycles. The lowest BCUT2D eigenvalue weighted by Crippen LogP contribution is -2.44. The van der Waals surface area contributed by atoms with Crippen LogP contribution >= 0.6 is 0 Å². The van der Waals surface area contributed by atoms with E-state index in [-0.39, 0.29) is 29.0 Å². The van der Waals surface area contributed by atoms with Crippen LogP contribution in [0.15, 0.2) is 47.0 Å². The molecule has 10 heteroatoms. The summed E-state index contributed by atoms with van der Waals surface area (Å²) in [5.74, 6) is -0.321. The average Bonchev–Trinajstić information content (AvgIpc) is 3.58. The number of nitrogens with zero attached hydrogens (tertiary/aromatic N) is 2. The molecule has 4 N–H and O–H groups in total. The highest BCUT2D eigenvalue weighted by molar-refractivity contribution is 5.99. The highest BCUT2D eigenvalue weighted by atomic mass is 19.1. The third-order valence-electron chi connectivity index (χ3n) is 5.44. The van der Waals surface area contributed by atoms with Crippen molar-refractivity contribution in [2.45, 2.75) is 38.5 Å². The molecule has 1 amide bonds. The minimum atomic E-state index is -0.993. The van der Waals surface area contributed by atoms with E-state index in [4.69, 9.17) is 20.1 Å². The zero-order valence-corrected chi connectivity index (χ0v) is 18.5. The first-order chi connectivity index (χ1) is 16.4. The van der Waals surface area contributed by atoms with Gasteiger partial charge in [0, 0.05) is 17.0 Å². The number of nitrogens with one attached hydrogen (secondary N) is 1. The molecule has 0 bridgehead atoms. The van der Waals surface area contributed by atoms with Crippen molar-refractivity contribution in [1.82, 2.24) is 15.5 Å². The topological polar surface area (TPSA) is 141 Å². The van der Waals surface area contributed by atoms with Gasteiger partial charge in [-0.15, -0.1) is 0 Å². The number of carbonyl (C=O) groups excluding carboxylic acids is 2. The fraction of sp³-hybridized carbons (Fsp3) is 0.333. The number of carbonyl (C=O) groups is 2. The number of ether oxygens (including phenoxy) is 1. The molecule has 34 heavy (non-hydrogen) atoms. The number of amides is 1. The molecule has 178 valence electrons. The minimum absolute atomic E-state index is 0.139. The van der Waals surface area contributed by atoms with Gasteiger partial charge in [0.25, 0.3) is 11.8 Å². The molecule has 1 aromatic heterocycles. The summed E-state index contributed by atoms with van der Waals surface area (Å²) >= 11 is 0. The molecule has 9 nitrogen and oxygen atoms in total. The van der Waals surface area contributed by atoms with Gasteiger partial charge in [0.05, 0.1) is 12.2 Å². The number of hydrogen-bond acceptors (Lipinski definition) is 8. The van der Waals surface area contributed by atoms with E-state index < -0.39 is 30.6 Å². The molecule has 2 aromatic carbocycles. The van der Waals surface area contributed by atoms with Crippen molar-refractivity contribution < 1.29 is 28.3 Å². The fourth-order valence-electron chi connectivity index (χ4n) is 3.36. The molecule has 0 aliphatic heterocycles. The second kappa shape index (κ2) is 10.1. The largest absolute Gasteiger partial charge is 0.481 e. The first-order valence-corrected chi connectivity index (χ1v) is 11.0. The fourth-order valence-corrected chi connectivity index (χ4v) is 3.36. The van der Waals surface area contributed by atoms with Crippen molar-refractivity contribution in [2.24, 2.45) is 11.7 Å². The number of rotatable bonds is 10. The van der Waals surface area contributed by atoms with Gasteiger partial charge in [-0.25, -0.2) is 4.39 Å². The third-order valence-corrected chi connectivity index (χ3v) is 5.44. The van der Waals surface area contributed by atoms with Crippen molar-refractivity contribution in [3.63, 3.8) is 0 Å². The number of aliphatic hydroxyl groups is 1. The molecule has 1 aliphatic rings. The van der Waals surface area contributed by atoms with Gasteiger partial charge in [0.1, 0.15) is 17.7 Å². The van der Waals surface area contributed by atoms with E-state index in [9.17, 15) is 14.0 Å². The smallest absolute Gasteiger partial charge is 0.268 e. The van der Waals surface area contributed by atoms with Gasteiger partial charge >= 0.3 is 0 Å². The zero-order chi connectivity index (χ0) is 24.2. The average molecular weight is 468 g/mol. The molecule has 2 unspecified atom stereocenters. The third kappa shape index (κ3) is 5.29. The normalized spacial score (nSPS) is 14.9. The van der Waals surface area contributed by atoms with E-state index in [1.807, 2.05) is 6.92 Å². The van der Waals surface area contributed by atoms with E-state index in [2.05, 4.69) is 15.5 Å². The van der Waals surface area contributed by atoms with Crippen LogP contribution in [0.25, 0.3) is 11.4 Å². The number of hydrogen-bond donors (Lipinski definition) is 3. The number of Topliss-reactive ketones (excluding diaryl/α,β-unsaturated/α-hetero) is 1. The minimum Gasteiger partial charge on any atom is -0.481 e. The maximum Gasteiger partial charge on any atom is 0.268 e. The molecule has 0 spiro atoms. The zero-order valence-electron chi connectivity index (χ0n) is 18.5. The van der Waals surface area contributed by atoms with Gasteiger partial charge in [-0.2, -0.15) is 4.98 Å². The summed E-state index contributed by atoms with van der Waals surface area (Å²) in [5, 5.41) is 15.1. The summed E-state index contributed by atoms with van der Waals surface area (Å²) in [5.41, 5.74) is 6.21. The summed E-state index contributed by atoms with van der Waals surface area (Å²) < 4.78 is 25.8. The SMILES string of the molecule is CCC(Oc1ccc(C(=O)C2CC2)cc1)c1nc(-c2ccc(C(=O)NC(N)CO)c(F)c2)no1. The first-order valence-electron chi connectivity index (χ1n) is 11.0. The van der Waals surface area contributed by atoms with Gasteiger partial charge in [-0.05, 0) is 55.7 Å². The predicted molar refractivity (Wildman–Crippen MR) is 119 cm³/mol. The van der Waals surface area contributed by atoms with E-state index in [0.29, 0.717) is 23.3 Å². The Bertz CT molecular complexity index is 1180. The van der Waals surface area contributed by atoms with Gasteiger partial charge in [-0.3, -0.25) is 9.59 Å². The quantitative estimate of drug-likeness (QED) is 0.305. The predicted octanol–water partition coefficient (Wildman–Crippen LogP) is 3.01. The summed E-state index contributed by atoms with van der Waals surface area (Å²) in [6.45, 7) is 1.42. The maximum absolute atomic E-state index is 14.5. The van der Waals surface area contributed by atoms with Crippen LogP contribution in [0.2, 0.25) is 0 Å². The number of aliphatic hydroxyl groups excluding tert-OH is 1. The Morgan fingerprint density at radius 2 is 2.00 bits per heavy atom. The summed E-state index contributed by atoms with van der Waals surface area (Å²) in [6, 6.07) is 10.8. The number of nitrogens with two attached hydrogens (primary N) is 1. The Balaban J connectivity index is 1.45. The Kier molecular flexibility index (Phi) is 6.99. The van der Waals surface area contributed by atoms with Crippen LogP contribution in [-0.2, 0) is 0 Å². The summed E-state index contributed by atoms with van der Waals surface area (Å²) in [7, 11) is 0. The number of halogens is 1. The van der Waals surface area contributed by atoms with Crippen LogP contribution < -0.4 is 15.8 Å². The highest BCUT2D eigenvalue weighted by Crippen LogP contribution is 2.33. The molecule has 0 radical (unpaired) electrons. The number of aromatic nitrogens is 2.